The van der Waals surface area contributed by atoms with Crippen LogP contribution in [0.2, 0.25) is 0 Å². The number of anilines is 3. The van der Waals surface area contributed by atoms with E-state index in [-0.39, 0.29) is 17.6 Å². The van der Waals surface area contributed by atoms with Crippen molar-refractivity contribution in [1.82, 2.24) is 9.97 Å². The highest BCUT2D eigenvalue weighted by atomic mass is 32.2. The molecule has 24 heavy (non-hydrogen) atoms. The van der Waals surface area contributed by atoms with Gasteiger partial charge in [-0.25, -0.2) is 9.37 Å². The average Bonchev–Trinajstić information content (AvgIpc) is 3.15. The molecule has 0 spiro atoms. The molecule has 0 amide bonds. The Labute approximate surface area is 141 Å². The minimum absolute atomic E-state index is 0.113. The van der Waals surface area contributed by atoms with Crippen molar-refractivity contribution >= 4 is 29.2 Å². The highest BCUT2D eigenvalue weighted by Gasteiger charge is 2.44. The second-order valence-corrected chi connectivity index (χ2v) is 6.77. The van der Waals surface area contributed by atoms with Crippen LogP contribution in [0.3, 0.4) is 0 Å². The molecule has 6 nitrogen and oxygen atoms in total. The van der Waals surface area contributed by atoms with E-state index < -0.39 is 4.87 Å². The summed E-state index contributed by atoms with van der Waals surface area (Å²) in [6.45, 7) is 0. The standard InChI is InChI=1S/C16H14FN5OS/c17-10-4-1-3-9(7-10)8-16(11-5-2-6-23-11)22-12-13(18)20-15(19)21-14(12)24-16/h1-7,22H,8H2,(H4,18,19,20,21). The second-order valence-electron chi connectivity index (χ2n) is 5.49. The van der Waals surface area contributed by atoms with Gasteiger partial charge in [0.15, 0.2) is 10.7 Å². The zero-order valence-electron chi connectivity index (χ0n) is 12.5. The minimum atomic E-state index is -0.698. The Kier molecular flexibility index (Phi) is 3.34. The summed E-state index contributed by atoms with van der Waals surface area (Å²) >= 11 is 1.43. The fourth-order valence-electron chi connectivity index (χ4n) is 2.78. The minimum Gasteiger partial charge on any atom is -0.466 e. The molecule has 5 N–H and O–H groups in total. The molecule has 0 aliphatic carbocycles. The van der Waals surface area contributed by atoms with Crippen molar-refractivity contribution in [2.24, 2.45) is 0 Å². The number of nitrogens with zero attached hydrogens (tertiary/aromatic N) is 2. The first-order valence-corrected chi connectivity index (χ1v) is 8.06. The topological polar surface area (TPSA) is 103 Å². The first-order valence-electron chi connectivity index (χ1n) is 7.24. The summed E-state index contributed by atoms with van der Waals surface area (Å²) in [7, 11) is 0. The fraction of sp³-hybridized carbons (Fsp3) is 0.125. The Hall–Kier alpha value is -2.74. The number of hydrogen-bond acceptors (Lipinski definition) is 7. The molecule has 8 heteroatoms. The zero-order chi connectivity index (χ0) is 16.7. The lowest BCUT2D eigenvalue weighted by molar-refractivity contribution is 0.459. The van der Waals surface area contributed by atoms with E-state index in [1.54, 1.807) is 18.4 Å². The van der Waals surface area contributed by atoms with E-state index in [1.165, 1.54) is 23.9 Å². The molecule has 3 heterocycles. The number of benzene rings is 1. The van der Waals surface area contributed by atoms with Crippen LogP contribution in [0, 0.1) is 5.82 Å². The smallest absolute Gasteiger partial charge is 0.223 e. The Morgan fingerprint density at radius 3 is 2.83 bits per heavy atom. The molecule has 0 saturated carbocycles. The van der Waals surface area contributed by atoms with Gasteiger partial charge in [0.25, 0.3) is 0 Å². The van der Waals surface area contributed by atoms with Crippen LogP contribution in [-0.2, 0) is 11.3 Å². The third-order valence-electron chi connectivity index (χ3n) is 3.78. The second kappa shape index (κ2) is 5.41. The van der Waals surface area contributed by atoms with E-state index in [4.69, 9.17) is 15.9 Å². The monoisotopic (exact) mass is 343 g/mol. The quantitative estimate of drug-likeness (QED) is 0.628. The van der Waals surface area contributed by atoms with Crippen LogP contribution in [-0.4, -0.2) is 9.97 Å². The molecule has 1 aromatic carbocycles. The number of thioether (sulfide) groups is 1. The van der Waals surface area contributed by atoms with Crippen molar-refractivity contribution in [2.75, 3.05) is 16.8 Å². The van der Waals surface area contributed by atoms with Gasteiger partial charge in [0, 0.05) is 6.42 Å². The fourth-order valence-corrected chi connectivity index (χ4v) is 4.12. The van der Waals surface area contributed by atoms with Gasteiger partial charge in [-0.05, 0) is 29.8 Å². The van der Waals surface area contributed by atoms with Crippen LogP contribution < -0.4 is 16.8 Å². The van der Waals surface area contributed by atoms with Crippen molar-refractivity contribution in [2.45, 2.75) is 16.3 Å². The van der Waals surface area contributed by atoms with Gasteiger partial charge in [-0.2, -0.15) is 4.98 Å². The van der Waals surface area contributed by atoms with E-state index in [1.807, 2.05) is 12.1 Å². The van der Waals surface area contributed by atoms with E-state index >= 15 is 0 Å². The highest BCUT2D eigenvalue weighted by molar-refractivity contribution is 8.00. The number of fused-ring (bicyclic) bond motifs is 1. The largest absolute Gasteiger partial charge is 0.466 e. The summed E-state index contributed by atoms with van der Waals surface area (Å²) in [5.74, 6) is 0.790. The van der Waals surface area contributed by atoms with Gasteiger partial charge in [0.05, 0.1) is 6.26 Å². The lowest BCUT2D eigenvalue weighted by atomic mass is 10.0. The summed E-state index contributed by atoms with van der Waals surface area (Å²) in [6.07, 6.45) is 2.07. The molecule has 122 valence electrons. The summed E-state index contributed by atoms with van der Waals surface area (Å²) < 4.78 is 19.2. The van der Waals surface area contributed by atoms with Gasteiger partial charge in [0.1, 0.15) is 22.3 Å². The lowest BCUT2D eigenvalue weighted by Gasteiger charge is -2.27. The van der Waals surface area contributed by atoms with Crippen LogP contribution in [0.4, 0.5) is 21.8 Å². The first-order chi connectivity index (χ1) is 11.6. The number of aromatic nitrogens is 2. The van der Waals surface area contributed by atoms with E-state index in [0.29, 0.717) is 22.9 Å². The van der Waals surface area contributed by atoms with Gasteiger partial charge < -0.3 is 21.2 Å². The predicted molar refractivity (Wildman–Crippen MR) is 90.8 cm³/mol. The number of rotatable bonds is 3. The molecular formula is C16H14FN5OS. The van der Waals surface area contributed by atoms with Crippen LogP contribution in [0.1, 0.15) is 11.3 Å². The maximum absolute atomic E-state index is 13.6. The Bertz CT molecular complexity index is 901. The molecule has 0 fully saturated rings. The molecule has 2 aromatic heterocycles. The number of nitrogens with one attached hydrogen (secondary N) is 1. The maximum atomic E-state index is 13.6. The molecule has 1 unspecified atom stereocenters. The predicted octanol–water partition coefficient (Wildman–Crippen LogP) is 2.99. The molecule has 3 aromatic rings. The van der Waals surface area contributed by atoms with Crippen molar-refractivity contribution in [3.63, 3.8) is 0 Å². The van der Waals surface area contributed by atoms with Gasteiger partial charge in [-0.3, -0.25) is 0 Å². The molecule has 0 bridgehead atoms. The summed E-state index contributed by atoms with van der Waals surface area (Å²) in [6, 6.07) is 10.1. The van der Waals surface area contributed by atoms with Gasteiger partial charge >= 0.3 is 0 Å². The third kappa shape index (κ3) is 2.44. The van der Waals surface area contributed by atoms with E-state index in [9.17, 15) is 4.39 Å². The summed E-state index contributed by atoms with van der Waals surface area (Å²) in [5.41, 5.74) is 13.1. The Morgan fingerprint density at radius 2 is 2.08 bits per heavy atom. The van der Waals surface area contributed by atoms with Crippen molar-refractivity contribution in [3.05, 3.63) is 59.8 Å². The number of nitrogens with two attached hydrogens (primary N) is 2. The number of nitrogen functional groups attached to an aromatic ring is 2. The number of hydrogen-bond donors (Lipinski definition) is 3. The van der Waals surface area contributed by atoms with Crippen molar-refractivity contribution in [1.29, 1.82) is 0 Å². The van der Waals surface area contributed by atoms with Gasteiger partial charge in [-0.15, -0.1) is 0 Å². The molecule has 0 saturated heterocycles. The molecule has 1 atom stereocenters. The lowest BCUT2D eigenvalue weighted by Crippen LogP contribution is -2.30. The van der Waals surface area contributed by atoms with Gasteiger partial charge in [0.2, 0.25) is 5.95 Å². The molecular weight excluding hydrogens is 329 g/mol. The van der Waals surface area contributed by atoms with Gasteiger partial charge in [-0.1, -0.05) is 23.9 Å². The maximum Gasteiger partial charge on any atom is 0.223 e. The first kappa shape index (κ1) is 14.8. The molecule has 4 rings (SSSR count). The van der Waals surface area contributed by atoms with Crippen molar-refractivity contribution < 1.29 is 8.81 Å². The zero-order valence-corrected chi connectivity index (χ0v) is 13.3. The third-order valence-corrected chi connectivity index (χ3v) is 5.07. The van der Waals surface area contributed by atoms with Crippen LogP contribution in [0.5, 0.6) is 0 Å². The molecule has 1 aliphatic heterocycles. The number of halogens is 1. The van der Waals surface area contributed by atoms with E-state index in [2.05, 4.69) is 15.3 Å². The SMILES string of the molecule is Nc1nc(N)c2c(n1)SC(Cc1cccc(F)c1)(c1ccco1)N2. The Balaban J connectivity index is 1.79. The summed E-state index contributed by atoms with van der Waals surface area (Å²) in [5, 5.41) is 4.00. The highest BCUT2D eigenvalue weighted by Crippen LogP contribution is 2.53. The van der Waals surface area contributed by atoms with E-state index in [0.717, 1.165) is 5.56 Å². The van der Waals surface area contributed by atoms with Crippen molar-refractivity contribution in [3.8, 4) is 0 Å². The average molecular weight is 343 g/mol. The Morgan fingerprint density at radius 1 is 1.21 bits per heavy atom. The summed E-state index contributed by atoms with van der Waals surface area (Å²) in [4.78, 5) is 7.54. The normalized spacial score (nSPS) is 19.0. The van der Waals surface area contributed by atoms with Crippen LogP contribution in [0.15, 0.2) is 52.1 Å². The number of furan rings is 1. The molecule has 1 aliphatic rings. The van der Waals surface area contributed by atoms with Crippen LogP contribution >= 0.6 is 11.8 Å². The molecule has 0 radical (unpaired) electrons. The van der Waals surface area contributed by atoms with Crippen LogP contribution in [0.25, 0.3) is 0 Å².